The van der Waals surface area contributed by atoms with E-state index in [1.807, 2.05) is 0 Å². The monoisotopic (exact) mass is 614 g/mol. The number of anilines is 1. The number of carbonyl (C=O) groups is 1. The zero-order chi connectivity index (χ0) is 31.8. The van der Waals surface area contributed by atoms with Gasteiger partial charge in [-0.2, -0.15) is 13.2 Å². The number of rotatable bonds is 12. The van der Waals surface area contributed by atoms with E-state index in [4.69, 9.17) is 10.1 Å². The summed E-state index contributed by atoms with van der Waals surface area (Å²) in [4.78, 5) is 28.6. The Morgan fingerprint density at radius 2 is 1.70 bits per heavy atom. The van der Waals surface area contributed by atoms with Crippen LogP contribution in [0.3, 0.4) is 0 Å². The molecule has 1 amide bonds. The van der Waals surface area contributed by atoms with Crippen LogP contribution in [0.5, 0.6) is 11.5 Å². The standard InChI is InChI=1S/C28H25F7N4O4/c1-2-37-12-10-22(36)20-15-23(19-9-8-18(14-21(19)29)42-13-3-11-27(30,31)32)39-26(41)24(20)25(40)38-16-4-6-17(7-5-16)43-28(33,34)35/h4-10,12,14-15,36-37H,2-3,11,13H2,1H3,(H,38,40)(H,39,41)/b12-10-,36-22?. The molecule has 4 N–H and O–H groups in total. The minimum atomic E-state index is -4.92. The Morgan fingerprint density at radius 3 is 2.30 bits per heavy atom. The molecule has 0 bridgehead atoms. The summed E-state index contributed by atoms with van der Waals surface area (Å²) >= 11 is 0. The Bertz CT molecular complexity index is 1530. The number of halogens is 7. The normalized spacial score (nSPS) is 11.8. The molecule has 1 aromatic heterocycles. The van der Waals surface area contributed by atoms with E-state index >= 15 is 4.39 Å². The van der Waals surface area contributed by atoms with Crippen LogP contribution < -0.4 is 25.7 Å². The third-order valence-electron chi connectivity index (χ3n) is 5.57. The Kier molecular flexibility index (Phi) is 10.6. The largest absolute Gasteiger partial charge is 0.573 e. The third-order valence-corrected chi connectivity index (χ3v) is 5.57. The molecule has 0 fully saturated rings. The number of aromatic nitrogens is 1. The summed E-state index contributed by atoms with van der Waals surface area (Å²) in [7, 11) is 0. The molecule has 0 aliphatic heterocycles. The number of hydrogen-bond donors (Lipinski definition) is 4. The molecule has 15 heteroatoms. The van der Waals surface area contributed by atoms with Gasteiger partial charge in [0, 0.05) is 35.8 Å². The van der Waals surface area contributed by atoms with Crippen LogP contribution in [0.2, 0.25) is 0 Å². The van der Waals surface area contributed by atoms with Gasteiger partial charge >= 0.3 is 12.5 Å². The Balaban J connectivity index is 1.91. The number of hydrogen-bond acceptors (Lipinski definition) is 6. The number of pyridine rings is 1. The first kappa shape index (κ1) is 32.7. The van der Waals surface area contributed by atoms with Crippen molar-refractivity contribution in [2.45, 2.75) is 32.3 Å². The molecule has 43 heavy (non-hydrogen) atoms. The highest BCUT2D eigenvalue weighted by atomic mass is 19.4. The maximum absolute atomic E-state index is 15.0. The topological polar surface area (TPSA) is 116 Å². The second kappa shape index (κ2) is 13.9. The van der Waals surface area contributed by atoms with E-state index in [9.17, 15) is 35.9 Å². The number of ether oxygens (including phenoxy) is 2. The lowest BCUT2D eigenvalue weighted by molar-refractivity contribution is -0.274. The van der Waals surface area contributed by atoms with Crippen molar-refractivity contribution in [1.82, 2.24) is 10.3 Å². The van der Waals surface area contributed by atoms with E-state index in [0.29, 0.717) is 6.54 Å². The summed E-state index contributed by atoms with van der Waals surface area (Å²) in [5.74, 6) is -2.49. The average molecular weight is 615 g/mol. The van der Waals surface area contributed by atoms with E-state index in [1.165, 1.54) is 30.5 Å². The molecular weight excluding hydrogens is 589 g/mol. The quantitative estimate of drug-likeness (QED) is 0.105. The first-order chi connectivity index (χ1) is 20.2. The van der Waals surface area contributed by atoms with Crippen LogP contribution in [0.1, 0.15) is 35.7 Å². The van der Waals surface area contributed by atoms with Crippen molar-refractivity contribution in [3.63, 3.8) is 0 Å². The number of benzene rings is 2. The molecule has 8 nitrogen and oxygen atoms in total. The maximum atomic E-state index is 15.0. The third kappa shape index (κ3) is 9.90. The van der Waals surface area contributed by atoms with Gasteiger partial charge in [0.25, 0.3) is 11.5 Å². The molecule has 0 atom stereocenters. The molecule has 0 spiro atoms. The summed E-state index contributed by atoms with van der Waals surface area (Å²) in [5, 5.41) is 13.6. The number of H-pyrrole nitrogens is 1. The van der Waals surface area contributed by atoms with Gasteiger partial charge in [0.1, 0.15) is 22.9 Å². The summed E-state index contributed by atoms with van der Waals surface area (Å²) in [5.41, 5.74) is -2.30. The predicted molar refractivity (Wildman–Crippen MR) is 144 cm³/mol. The van der Waals surface area contributed by atoms with E-state index in [2.05, 4.69) is 20.4 Å². The molecule has 0 saturated carbocycles. The molecule has 0 aliphatic carbocycles. The van der Waals surface area contributed by atoms with E-state index in [0.717, 1.165) is 30.3 Å². The van der Waals surface area contributed by atoms with Gasteiger partial charge in [-0.3, -0.25) is 9.59 Å². The van der Waals surface area contributed by atoms with Crippen molar-refractivity contribution in [3.8, 4) is 22.8 Å². The molecule has 2 aromatic carbocycles. The zero-order valence-electron chi connectivity index (χ0n) is 22.4. The Hall–Kier alpha value is -4.82. The average Bonchev–Trinajstić information content (AvgIpc) is 2.90. The van der Waals surface area contributed by atoms with Gasteiger partial charge in [-0.15, -0.1) is 13.2 Å². The summed E-state index contributed by atoms with van der Waals surface area (Å²) in [6.07, 6.45) is -8.01. The van der Waals surface area contributed by atoms with E-state index in [-0.39, 0.29) is 47.0 Å². The van der Waals surface area contributed by atoms with Gasteiger partial charge in [-0.1, -0.05) is 0 Å². The van der Waals surface area contributed by atoms with Gasteiger partial charge in [0.2, 0.25) is 0 Å². The van der Waals surface area contributed by atoms with E-state index in [1.54, 1.807) is 6.92 Å². The number of amides is 1. The molecule has 0 saturated heterocycles. The second-order valence-corrected chi connectivity index (χ2v) is 8.84. The second-order valence-electron chi connectivity index (χ2n) is 8.84. The van der Waals surface area contributed by atoms with Gasteiger partial charge < -0.3 is 30.5 Å². The number of allylic oxidation sites excluding steroid dienone is 1. The minimum Gasteiger partial charge on any atom is -0.493 e. The molecule has 0 aliphatic rings. The molecular formula is C28H25F7N4O4. The van der Waals surface area contributed by atoms with Crippen LogP contribution >= 0.6 is 0 Å². The molecule has 0 radical (unpaired) electrons. The van der Waals surface area contributed by atoms with Gasteiger partial charge in [-0.05, 0) is 68.1 Å². The first-order valence-electron chi connectivity index (χ1n) is 12.6. The van der Waals surface area contributed by atoms with Crippen molar-refractivity contribution in [2.75, 3.05) is 18.5 Å². The lowest BCUT2D eigenvalue weighted by Gasteiger charge is -2.13. The smallest absolute Gasteiger partial charge is 0.493 e. The zero-order valence-corrected chi connectivity index (χ0v) is 22.4. The minimum absolute atomic E-state index is 0.0144. The highest BCUT2D eigenvalue weighted by molar-refractivity contribution is 6.16. The first-order valence-corrected chi connectivity index (χ1v) is 12.6. The Morgan fingerprint density at radius 1 is 1.02 bits per heavy atom. The summed E-state index contributed by atoms with van der Waals surface area (Å²) in [6.45, 7) is 1.98. The fourth-order valence-electron chi connectivity index (χ4n) is 3.69. The lowest BCUT2D eigenvalue weighted by Crippen LogP contribution is -2.27. The van der Waals surface area contributed by atoms with Crippen molar-refractivity contribution >= 4 is 17.3 Å². The molecule has 230 valence electrons. The molecule has 3 aromatic rings. The van der Waals surface area contributed by atoms with Crippen LogP contribution in [0.15, 0.2) is 65.6 Å². The highest BCUT2D eigenvalue weighted by Gasteiger charge is 2.31. The van der Waals surface area contributed by atoms with Crippen molar-refractivity contribution in [3.05, 3.63) is 88.1 Å². The van der Waals surface area contributed by atoms with Crippen LogP contribution in [0, 0.1) is 11.2 Å². The number of aromatic amines is 1. The summed E-state index contributed by atoms with van der Waals surface area (Å²) < 4.78 is 98.2. The number of nitrogens with one attached hydrogen (secondary N) is 4. The number of carbonyl (C=O) groups excluding carboxylic acids is 1. The van der Waals surface area contributed by atoms with Gasteiger partial charge in [-0.25, -0.2) is 4.39 Å². The predicted octanol–water partition coefficient (Wildman–Crippen LogP) is 6.54. The molecule has 3 rings (SSSR count). The Labute approximate surface area is 240 Å². The fraction of sp³-hybridized carbons (Fsp3) is 0.250. The molecule has 1 heterocycles. The van der Waals surface area contributed by atoms with Crippen molar-refractivity contribution < 1.29 is 45.0 Å². The maximum Gasteiger partial charge on any atom is 0.573 e. The van der Waals surface area contributed by atoms with Crippen LogP contribution in [-0.4, -0.2) is 42.3 Å². The van der Waals surface area contributed by atoms with Crippen LogP contribution in [0.4, 0.5) is 36.4 Å². The van der Waals surface area contributed by atoms with Crippen LogP contribution in [0.25, 0.3) is 11.3 Å². The van der Waals surface area contributed by atoms with Crippen molar-refractivity contribution in [1.29, 1.82) is 5.41 Å². The lowest BCUT2D eigenvalue weighted by atomic mass is 10.00. The fourth-order valence-corrected chi connectivity index (χ4v) is 3.69. The van der Waals surface area contributed by atoms with E-state index < -0.39 is 47.6 Å². The van der Waals surface area contributed by atoms with Gasteiger partial charge in [0.05, 0.1) is 18.0 Å². The summed E-state index contributed by atoms with van der Waals surface area (Å²) in [6, 6.07) is 8.73. The van der Waals surface area contributed by atoms with Gasteiger partial charge in [0.15, 0.2) is 0 Å². The van der Waals surface area contributed by atoms with Crippen molar-refractivity contribution in [2.24, 2.45) is 0 Å². The SMILES string of the molecule is CCN/C=C\C(=N)c1cc(-c2ccc(OCCCC(F)(F)F)cc2F)[nH]c(=O)c1C(=O)Nc1ccc(OC(F)(F)F)cc1. The number of alkyl halides is 6. The highest BCUT2D eigenvalue weighted by Crippen LogP contribution is 2.28. The van der Waals surface area contributed by atoms with Crippen LogP contribution in [-0.2, 0) is 0 Å². The molecule has 0 unspecified atom stereocenters.